The molecule has 2 aromatic rings. The Hall–Kier alpha value is -2.06. The van der Waals surface area contributed by atoms with Gasteiger partial charge in [-0.15, -0.1) is 0 Å². The molecule has 0 aromatic heterocycles. The molecule has 0 spiro atoms. The van der Waals surface area contributed by atoms with Crippen molar-refractivity contribution < 1.29 is 4.74 Å². The zero-order valence-electron chi connectivity index (χ0n) is 11.4. The third-order valence-electron chi connectivity index (χ3n) is 2.94. The van der Waals surface area contributed by atoms with Crippen LogP contribution >= 0.6 is 0 Å². The summed E-state index contributed by atoms with van der Waals surface area (Å²) >= 11 is 0. The fourth-order valence-corrected chi connectivity index (χ4v) is 1.99. The summed E-state index contributed by atoms with van der Waals surface area (Å²) < 4.78 is 5.35. The number of ether oxygens (including phenoxy) is 1. The van der Waals surface area contributed by atoms with Crippen LogP contribution in [0.2, 0.25) is 0 Å². The lowest BCUT2D eigenvalue weighted by atomic mass is 10.1. The minimum absolute atomic E-state index is 0.802. The number of rotatable bonds is 5. The highest BCUT2D eigenvalue weighted by molar-refractivity contribution is 5.70. The fourth-order valence-electron chi connectivity index (χ4n) is 1.99. The molecule has 0 unspecified atom stereocenters. The van der Waals surface area contributed by atoms with Crippen molar-refractivity contribution >= 4 is 12.2 Å². The second-order valence-electron chi connectivity index (χ2n) is 4.35. The topological polar surface area (TPSA) is 21.3 Å². The van der Waals surface area contributed by atoms with Gasteiger partial charge in [-0.05, 0) is 30.3 Å². The summed E-state index contributed by atoms with van der Waals surface area (Å²) in [6.07, 6.45) is 4.24. The third kappa shape index (κ3) is 3.70. The van der Waals surface area contributed by atoms with Crippen molar-refractivity contribution in [1.29, 1.82) is 0 Å². The molecule has 2 aromatic carbocycles. The van der Waals surface area contributed by atoms with E-state index in [-0.39, 0.29) is 0 Å². The van der Waals surface area contributed by atoms with Crippen molar-refractivity contribution in [3.8, 4) is 5.75 Å². The van der Waals surface area contributed by atoms with Crippen molar-refractivity contribution in [3.63, 3.8) is 0 Å². The highest BCUT2D eigenvalue weighted by Crippen LogP contribution is 2.21. The van der Waals surface area contributed by atoms with Crippen LogP contribution in [0.5, 0.6) is 5.75 Å². The SMILES string of the molecule is CNCc1cc(C=Cc2ccccc2)ccc1OC. The molecule has 0 saturated carbocycles. The minimum atomic E-state index is 0.802. The van der Waals surface area contributed by atoms with Gasteiger partial charge in [0.25, 0.3) is 0 Å². The quantitative estimate of drug-likeness (QED) is 0.822. The largest absolute Gasteiger partial charge is 0.496 e. The second kappa shape index (κ2) is 6.76. The van der Waals surface area contributed by atoms with E-state index in [4.69, 9.17) is 4.74 Å². The summed E-state index contributed by atoms with van der Waals surface area (Å²) in [4.78, 5) is 0. The van der Waals surface area contributed by atoms with Gasteiger partial charge in [0.15, 0.2) is 0 Å². The number of methoxy groups -OCH3 is 1. The van der Waals surface area contributed by atoms with Crippen LogP contribution in [-0.4, -0.2) is 14.2 Å². The van der Waals surface area contributed by atoms with Gasteiger partial charge in [0.2, 0.25) is 0 Å². The highest BCUT2D eigenvalue weighted by atomic mass is 16.5. The molecule has 2 rings (SSSR count). The van der Waals surface area contributed by atoms with E-state index >= 15 is 0 Å². The molecular weight excluding hydrogens is 234 g/mol. The molecule has 0 amide bonds. The molecule has 2 heteroatoms. The van der Waals surface area contributed by atoms with Gasteiger partial charge in [-0.25, -0.2) is 0 Å². The summed E-state index contributed by atoms with van der Waals surface area (Å²) in [6, 6.07) is 16.5. The van der Waals surface area contributed by atoms with E-state index in [2.05, 4.69) is 41.7 Å². The van der Waals surface area contributed by atoms with E-state index in [1.807, 2.05) is 31.3 Å². The monoisotopic (exact) mass is 253 g/mol. The van der Waals surface area contributed by atoms with Gasteiger partial charge in [0.05, 0.1) is 7.11 Å². The first kappa shape index (κ1) is 13.4. The molecule has 0 saturated heterocycles. The number of nitrogens with one attached hydrogen (secondary N) is 1. The van der Waals surface area contributed by atoms with Crippen molar-refractivity contribution in [2.75, 3.05) is 14.2 Å². The van der Waals surface area contributed by atoms with Crippen LogP contribution in [0.1, 0.15) is 16.7 Å². The van der Waals surface area contributed by atoms with Crippen LogP contribution in [0.15, 0.2) is 48.5 Å². The summed E-state index contributed by atoms with van der Waals surface area (Å²) in [7, 11) is 3.64. The minimum Gasteiger partial charge on any atom is -0.496 e. The number of hydrogen-bond donors (Lipinski definition) is 1. The molecule has 0 aliphatic carbocycles. The van der Waals surface area contributed by atoms with E-state index in [1.165, 1.54) is 16.7 Å². The molecule has 0 heterocycles. The van der Waals surface area contributed by atoms with Gasteiger partial charge in [-0.2, -0.15) is 0 Å². The van der Waals surface area contributed by atoms with Gasteiger partial charge in [-0.3, -0.25) is 0 Å². The molecule has 0 radical (unpaired) electrons. The molecule has 0 fully saturated rings. The Morgan fingerprint density at radius 1 is 1.00 bits per heavy atom. The lowest BCUT2D eigenvalue weighted by Crippen LogP contribution is -2.06. The van der Waals surface area contributed by atoms with Gasteiger partial charge in [0.1, 0.15) is 5.75 Å². The predicted molar refractivity (Wildman–Crippen MR) is 81.1 cm³/mol. The average Bonchev–Trinajstić information content (AvgIpc) is 2.47. The maximum atomic E-state index is 5.35. The lowest BCUT2D eigenvalue weighted by Gasteiger charge is -2.08. The van der Waals surface area contributed by atoms with Crippen LogP contribution in [0.25, 0.3) is 12.2 Å². The van der Waals surface area contributed by atoms with E-state index < -0.39 is 0 Å². The Kier molecular flexibility index (Phi) is 4.76. The van der Waals surface area contributed by atoms with Gasteiger partial charge in [0, 0.05) is 12.1 Å². The maximum absolute atomic E-state index is 5.35. The van der Waals surface area contributed by atoms with Gasteiger partial charge in [-0.1, -0.05) is 48.6 Å². The molecule has 0 atom stereocenters. The molecular formula is C17H19NO. The standard InChI is InChI=1S/C17H19NO/c1-18-13-16-12-15(10-11-17(16)19-2)9-8-14-6-4-3-5-7-14/h3-12,18H,13H2,1-2H3. The van der Waals surface area contributed by atoms with Crippen LogP contribution in [0.3, 0.4) is 0 Å². The molecule has 0 bridgehead atoms. The molecule has 0 aliphatic heterocycles. The molecule has 1 N–H and O–H groups in total. The Bertz CT molecular complexity index is 546. The maximum Gasteiger partial charge on any atom is 0.123 e. The van der Waals surface area contributed by atoms with E-state index in [9.17, 15) is 0 Å². The van der Waals surface area contributed by atoms with Crippen LogP contribution in [-0.2, 0) is 6.54 Å². The third-order valence-corrected chi connectivity index (χ3v) is 2.94. The number of hydrogen-bond acceptors (Lipinski definition) is 2. The van der Waals surface area contributed by atoms with Crippen LogP contribution < -0.4 is 10.1 Å². The molecule has 0 aliphatic rings. The van der Waals surface area contributed by atoms with Gasteiger partial charge < -0.3 is 10.1 Å². The number of benzene rings is 2. The zero-order valence-corrected chi connectivity index (χ0v) is 11.4. The first-order valence-corrected chi connectivity index (χ1v) is 6.38. The lowest BCUT2D eigenvalue weighted by molar-refractivity contribution is 0.408. The molecule has 98 valence electrons. The van der Waals surface area contributed by atoms with Crippen molar-refractivity contribution in [2.45, 2.75) is 6.54 Å². The van der Waals surface area contributed by atoms with Crippen molar-refractivity contribution in [1.82, 2.24) is 5.32 Å². The van der Waals surface area contributed by atoms with Gasteiger partial charge >= 0.3 is 0 Å². The average molecular weight is 253 g/mol. The van der Waals surface area contributed by atoms with Crippen LogP contribution in [0.4, 0.5) is 0 Å². The van der Waals surface area contributed by atoms with E-state index in [0.717, 1.165) is 12.3 Å². The fraction of sp³-hybridized carbons (Fsp3) is 0.176. The second-order valence-corrected chi connectivity index (χ2v) is 4.35. The Morgan fingerprint density at radius 3 is 2.42 bits per heavy atom. The summed E-state index contributed by atoms with van der Waals surface area (Å²) in [6.45, 7) is 0.802. The van der Waals surface area contributed by atoms with Crippen molar-refractivity contribution in [2.24, 2.45) is 0 Å². The van der Waals surface area contributed by atoms with Crippen LogP contribution in [0, 0.1) is 0 Å². The molecule has 2 nitrogen and oxygen atoms in total. The van der Waals surface area contributed by atoms with E-state index in [1.54, 1.807) is 7.11 Å². The van der Waals surface area contributed by atoms with E-state index in [0.29, 0.717) is 0 Å². The first-order chi connectivity index (χ1) is 9.33. The zero-order chi connectivity index (χ0) is 13.5. The van der Waals surface area contributed by atoms with Crippen molar-refractivity contribution in [3.05, 3.63) is 65.2 Å². The highest BCUT2D eigenvalue weighted by Gasteiger charge is 2.01. The summed E-state index contributed by atoms with van der Waals surface area (Å²) in [5, 5.41) is 3.16. The predicted octanol–water partition coefficient (Wildman–Crippen LogP) is 3.59. The Balaban J connectivity index is 2.21. The molecule has 19 heavy (non-hydrogen) atoms. The summed E-state index contributed by atoms with van der Waals surface area (Å²) in [5.41, 5.74) is 3.54. The Morgan fingerprint density at radius 2 is 1.74 bits per heavy atom. The Labute approximate surface area is 114 Å². The smallest absolute Gasteiger partial charge is 0.123 e. The summed E-state index contributed by atoms with van der Waals surface area (Å²) in [5.74, 6) is 0.922. The first-order valence-electron chi connectivity index (χ1n) is 6.38. The normalized spacial score (nSPS) is 10.8.